The molecule has 0 spiro atoms. The zero-order valence-electron chi connectivity index (χ0n) is 18.6. The summed E-state index contributed by atoms with van der Waals surface area (Å²) in [5, 5.41) is 2.80. The van der Waals surface area contributed by atoms with Gasteiger partial charge in [0.05, 0.1) is 18.5 Å². The quantitative estimate of drug-likeness (QED) is 0.253. The summed E-state index contributed by atoms with van der Waals surface area (Å²) >= 11 is 0. The Morgan fingerprint density at radius 1 is 1.00 bits per heavy atom. The second-order valence-corrected chi connectivity index (χ2v) is 7.48. The molecule has 0 saturated carbocycles. The van der Waals surface area contributed by atoms with Crippen molar-refractivity contribution in [3.63, 3.8) is 0 Å². The van der Waals surface area contributed by atoms with Crippen molar-refractivity contribution >= 4 is 23.4 Å². The summed E-state index contributed by atoms with van der Waals surface area (Å²) in [5.41, 5.74) is 9.87. The van der Waals surface area contributed by atoms with E-state index in [9.17, 15) is 4.79 Å². The Balaban J connectivity index is 1.97. The molecule has 3 N–H and O–H groups in total. The molecule has 5 nitrogen and oxygen atoms in total. The number of ether oxygens (including phenoxy) is 2. The van der Waals surface area contributed by atoms with Crippen LogP contribution < -0.4 is 20.5 Å². The molecular formula is C27H28N2O3. The van der Waals surface area contributed by atoms with Crippen LogP contribution in [0.1, 0.15) is 25.0 Å². The zero-order chi connectivity index (χ0) is 22.9. The van der Waals surface area contributed by atoms with Crippen molar-refractivity contribution in [1.29, 1.82) is 0 Å². The zero-order valence-corrected chi connectivity index (χ0v) is 18.6. The third kappa shape index (κ3) is 6.01. The van der Waals surface area contributed by atoms with Crippen LogP contribution >= 0.6 is 0 Å². The van der Waals surface area contributed by atoms with Gasteiger partial charge in [-0.1, -0.05) is 42.0 Å². The van der Waals surface area contributed by atoms with Crippen molar-refractivity contribution in [2.75, 3.05) is 18.2 Å². The highest BCUT2D eigenvalue weighted by Crippen LogP contribution is 2.37. The third-order valence-corrected chi connectivity index (χ3v) is 4.78. The molecule has 3 aromatic rings. The van der Waals surface area contributed by atoms with E-state index in [1.165, 1.54) is 11.6 Å². The van der Waals surface area contributed by atoms with Crippen LogP contribution in [0.5, 0.6) is 17.2 Å². The summed E-state index contributed by atoms with van der Waals surface area (Å²) in [4.78, 5) is 12.5. The number of hydrogen-bond acceptors (Lipinski definition) is 4. The van der Waals surface area contributed by atoms with E-state index in [4.69, 9.17) is 15.2 Å². The van der Waals surface area contributed by atoms with Crippen LogP contribution in [0.2, 0.25) is 0 Å². The number of nitrogens with two attached hydrogens (primary N) is 1. The number of hydrogen-bond donors (Lipinski definition) is 2. The van der Waals surface area contributed by atoms with Crippen LogP contribution in [0.4, 0.5) is 11.4 Å². The lowest BCUT2D eigenvalue weighted by molar-refractivity contribution is -0.111. The topological polar surface area (TPSA) is 73.6 Å². The number of amides is 1. The summed E-state index contributed by atoms with van der Waals surface area (Å²) in [6.07, 6.45) is 5.96. The van der Waals surface area contributed by atoms with Gasteiger partial charge in [0.15, 0.2) is 0 Å². The van der Waals surface area contributed by atoms with Gasteiger partial charge < -0.3 is 20.5 Å². The minimum atomic E-state index is -0.282. The fourth-order valence-corrected chi connectivity index (χ4v) is 3.13. The van der Waals surface area contributed by atoms with E-state index in [1.807, 2.05) is 68.4 Å². The van der Waals surface area contributed by atoms with E-state index in [0.717, 1.165) is 16.9 Å². The molecular weight excluding hydrogens is 400 g/mol. The monoisotopic (exact) mass is 428 g/mol. The summed E-state index contributed by atoms with van der Waals surface area (Å²) in [7, 11) is 1.64. The van der Waals surface area contributed by atoms with Gasteiger partial charge in [0.25, 0.3) is 0 Å². The maximum absolute atomic E-state index is 12.5. The van der Waals surface area contributed by atoms with Crippen molar-refractivity contribution in [3.05, 3.63) is 95.6 Å². The Labute approximate surface area is 189 Å². The SMILES string of the molecule is COc1ccc(/C=C/C(=O)Nc2ccccc2N)c(Oc2ccccc2)c1CC=C(C)C. The van der Waals surface area contributed by atoms with Crippen LogP contribution in [-0.2, 0) is 11.2 Å². The van der Waals surface area contributed by atoms with E-state index >= 15 is 0 Å². The van der Waals surface area contributed by atoms with Gasteiger partial charge in [0.1, 0.15) is 17.2 Å². The number of carbonyl (C=O) groups is 1. The minimum Gasteiger partial charge on any atom is -0.496 e. The number of nitrogens with one attached hydrogen (secondary N) is 1. The molecule has 0 heterocycles. The van der Waals surface area contributed by atoms with Crippen LogP contribution in [0.3, 0.4) is 0 Å². The van der Waals surface area contributed by atoms with Gasteiger partial charge in [-0.05, 0) is 62.7 Å². The average molecular weight is 429 g/mol. The first kappa shape index (κ1) is 22.7. The Hall–Kier alpha value is -3.99. The van der Waals surface area contributed by atoms with E-state index < -0.39 is 0 Å². The third-order valence-electron chi connectivity index (χ3n) is 4.78. The van der Waals surface area contributed by atoms with Gasteiger partial charge in [-0.25, -0.2) is 0 Å². The molecule has 1 amide bonds. The van der Waals surface area contributed by atoms with Crippen molar-refractivity contribution in [3.8, 4) is 17.2 Å². The van der Waals surface area contributed by atoms with Crippen LogP contribution in [0.25, 0.3) is 6.08 Å². The Morgan fingerprint density at radius 2 is 1.72 bits per heavy atom. The highest BCUT2D eigenvalue weighted by Gasteiger charge is 2.15. The molecule has 3 aromatic carbocycles. The lowest BCUT2D eigenvalue weighted by Gasteiger charge is -2.17. The molecule has 3 rings (SSSR count). The van der Waals surface area contributed by atoms with Gasteiger partial charge in [-0.15, -0.1) is 0 Å². The van der Waals surface area contributed by atoms with Gasteiger partial charge in [-0.3, -0.25) is 4.79 Å². The summed E-state index contributed by atoms with van der Waals surface area (Å²) in [6, 6.07) is 20.5. The molecule has 0 unspecified atom stereocenters. The van der Waals surface area contributed by atoms with Gasteiger partial charge >= 0.3 is 0 Å². The molecule has 32 heavy (non-hydrogen) atoms. The lowest BCUT2D eigenvalue weighted by Crippen LogP contribution is -2.09. The normalized spacial score (nSPS) is 10.6. The molecule has 0 radical (unpaired) electrons. The first-order valence-corrected chi connectivity index (χ1v) is 10.4. The number of benzene rings is 3. The van der Waals surface area contributed by atoms with Crippen LogP contribution in [0, 0.1) is 0 Å². The van der Waals surface area contributed by atoms with Crippen LogP contribution in [0.15, 0.2) is 84.5 Å². The van der Waals surface area contributed by atoms with Crippen molar-refractivity contribution in [1.82, 2.24) is 0 Å². The van der Waals surface area contributed by atoms with Crippen molar-refractivity contribution in [2.24, 2.45) is 0 Å². The molecule has 5 heteroatoms. The summed E-state index contributed by atoms with van der Waals surface area (Å²) < 4.78 is 11.9. The van der Waals surface area contributed by atoms with Crippen LogP contribution in [-0.4, -0.2) is 13.0 Å². The van der Waals surface area contributed by atoms with E-state index in [0.29, 0.717) is 29.3 Å². The predicted molar refractivity (Wildman–Crippen MR) is 131 cm³/mol. The molecule has 0 aliphatic heterocycles. The summed E-state index contributed by atoms with van der Waals surface area (Å²) in [6.45, 7) is 4.10. The highest BCUT2D eigenvalue weighted by molar-refractivity contribution is 6.03. The Kier molecular flexibility index (Phi) is 7.70. The Morgan fingerprint density at radius 3 is 2.41 bits per heavy atom. The highest BCUT2D eigenvalue weighted by atomic mass is 16.5. The molecule has 0 fully saturated rings. The number of para-hydroxylation sites is 3. The van der Waals surface area contributed by atoms with Crippen molar-refractivity contribution < 1.29 is 14.3 Å². The lowest BCUT2D eigenvalue weighted by atomic mass is 10.0. The first-order valence-electron chi connectivity index (χ1n) is 10.4. The maximum atomic E-state index is 12.5. The molecule has 0 aromatic heterocycles. The molecule has 0 saturated heterocycles. The molecule has 0 atom stereocenters. The second-order valence-electron chi connectivity index (χ2n) is 7.48. The molecule has 0 bridgehead atoms. The Bertz CT molecular complexity index is 1130. The number of nitrogen functional groups attached to an aromatic ring is 1. The number of carbonyl (C=O) groups excluding carboxylic acids is 1. The van der Waals surface area contributed by atoms with E-state index in [1.54, 1.807) is 25.3 Å². The average Bonchev–Trinajstić information content (AvgIpc) is 2.79. The van der Waals surface area contributed by atoms with Gasteiger partial charge in [-0.2, -0.15) is 0 Å². The molecule has 164 valence electrons. The smallest absolute Gasteiger partial charge is 0.248 e. The predicted octanol–water partition coefficient (Wildman–Crippen LogP) is 6.23. The second kappa shape index (κ2) is 10.9. The number of anilines is 2. The number of allylic oxidation sites excluding steroid dienone is 2. The molecule has 0 aliphatic rings. The van der Waals surface area contributed by atoms with Crippen molar-refractivity contribution in [2.45, 2.75) is 20.3 Å². The largest absolute Gasteiger partial charge is 0.496 e. The van der Waals surface area contributed by atoms with Gasteiger partial charge in [0.2, 0.25) is 5.91 Å². The molecule has 0 aliphatic carbocycles. The van der Waals surface area contributed by atoms with E-state index in [2.05, 4.69) is 11.4 Å². The maximum Gasteiger partial charge on any atom is 0.248 e. The van der Waals surface area contributed by atoms with E-state index in [-0.39, 0.29) is 5.91 Å². The fourth-order valence-electron chi connectivity index (χ4n) is 3.13. The number of rotatable bonds is 8. The number of methoxy groups -OCH3 is 1. The summed E-state index contributed by atoms with van der Waals surface area (Å²) in [5.74, 6) is 1.80. The minimum absolute atomic E-state index is 0.282. The standard InChI is InChI=1S/C27H28N2O3/c1-19(2)13-16-22-25(31-3)17-14-20(27(22)32-21-9-5-4-6-10-21)15-18-26(30)29-24-12-8-7-11-23(24)28/h4-15,17-18H,16,28H2,1-3H3,(H,29,30)/b18-15+. The first-order chi connectivity index (χ1) is 15.5. The fraction of sp³-hybridized carbons (Fsp3) is 0.148. The van der Waals surface area contributed by atoms with Gasteiger partial charge in [0, 0.05) is 17.2 Å².